The summed E-state index contributed by atoms with van der Waals surface area (Å²) in [5, 5.41) is 0. The molecule has 2 aliphatic rings. The van der Waals surface area contributed by atoms with Crippen LogP contribution in [0.5, 0.6) is 0 Å². The summed E-state index contributed by atoms with van der Waals surface area (Å²) in [6.45, 7) is 5.73. The number of hydrogen-bond acceptors (Lipinski definition) is 1. The quantitative estimate of drug-likeness (QED) is 0.674. The van der Waals surface area contributed by atoms with Crippen LogP contribution in [0.2, 0.25) is 0 Å². The fourth-order valence-corrected chi connectivity index (χ4v) is 3.46. The Bertz CT molecular complexity index is 167. The number of fused-ring (bicyclic) bond motifs is 2. The van der Waals surface area contributed by atoms with E-state index in [0.29, 0.717) is 5.41 Å². The number of rotatable bonds is 1. The van der Waals surface area contributed by atoms with Crippen LogP contribution >= 0.6 is 12.4 Å². The molecule has 2 saturated carbocycles. The highest BCUT2D eigenvalue weighted by Crippen LogP contribution is 2.58. The Hall–Kier alpha value is 0.250. The Morgan fingerprint density at radius 1 is 1.33 bits per heavy atom. The topological polar surface area (TPSA) is 26.0 Å². The second kappa shape index (κ2) is 3.19. The van der Waals surface area contributed by atoms with Crippen molar-refractivity contribution in [2.75, 3.05) is 6.54 Å². The summed E-state index contributed by atoms with van der Waals surface area (Å²) < 4.78 is 0. The van der Waals surface area contributed by atoms with Gasteiger partial charge in [0.05, 0.1) is 0 Å². The van der Waals surface area contributed by atoms with Gasteiger partial charge >= 0.3 is 0 Å². The van der Waals surface area contributed by atoms with E-state index in [1.807, 2.05) is 0 Å². The average molecular weight is 190 g/mol. The Balaban J connectivity index is 0.000000720. The van der Waals surface area contributed by atoms with E-state index in [4.69, 9.17) is 5.73 Å². The summed E-state index contributed by atoms with van der Waals surface area (Å²) in [6, 6.07) is 0. The predicted octanol–water partition coefficient (Wildman–Crippen LogP) is 2.44. The van der Waals surface area contributed by atoms with Gasteiger partial charge in [-0.2, -0.15) is 0 Å². The van der Waals surface area contributed by atoms with Gasteiger partial charge in [0, 0.05) is 0 Å². The third kappa shape index (κ3) is 1.18. The van der Waals surface area contributed by atoms with E-state index in [0.717, 1.165) is 24.3 Å². The van der Waals surface area contributed by atoms with E-state index >= 15 is 0 Å². The highest BCUT2D eigenvalue weighted by molar-refractivity contribution is 5.85. The van der Waals surface area contributed by atoms with Crippen LogP contribution in [0, 0.1) is 23.2 Å². The Labute approximate surface area is 81.5 Å². The van der Waals surface area contributed by atoms with E-state index in [-0.39, 0.29) is 12.4 Å². The maximum absolute atomic E-state index is 5.80. The zero-order valence-electron chi connectivity index (χ0n) is 8.05. The van der Waals surface area contributed by atoms with Gasteiger partial charge in [0.1, 0.15) is 0 Å². The lowest BCUT2D eigenvalue weighted by Gasteiger charge is -2.37. The molecule has 0 aliphatic heterocycles. The van der Waals surface area contributed by atoms with Crippen molar-refractivity contribution in [2.45, 2.75) is 33.1 Å². The van der Waals surface area contributed by atoms with Crippen LogP contribution in [0.25, 0.3) is 0 Å². The van der Waals surface area contributed by atoms with Crippen molar-refractivity contribution < 1.29 is 0 Å². The molecule has 0 amide bonds. The lowest BCUT2D eigenvalue weighted by molar-refractivity contribution is 0.129. The molecule has 0 spiro atoms. The first-order valence-electron chi connectivity index (χ1n) is 4.86. The number of nitrogens with two attached hydrogens (primary N) is 1. The summed E-state index contributed by atoms with van der Waals surface area (Å²) in [4.78, 5) is 0. The van der Waals surface area contributed by atoms with Crippen molar-refractivity contribution in [1.29, 1.82) is 0 Å². The second-order valence-electron chi connectivity index (χ2n) is 4.93. The Morgan fingerprint density at radius 3 is 2.33 bits per heavy atom. The molecule has 2 rings (SSSR count). The molecular formula is C10H20ClN. The van der Waals surface area contributed by atoms with Crippen LogP contribution in [0.15, 0.2) is 0 Å². The fourth-order valence-electron chi connectivity index (χ4n) is 3.46. The maximum Gasteiger partial charge on any atom is -0.00410 e. The van der Waals surface area contributed by atoms with Gasteiger partial charge < -0.3 is 5.73 Å². The number of hydrogen-bond donors (Lipinski definition) is 1. The molecule has 0 aromatic carbocycles. The number of halogens is 1. The van der Waals surface area contributed by atoms with Crippen molar-refractivity contribution in [3.05, 3.63) is 0 Å². The standard InChI is InChI=1S/C10H19N.ClH/c1-10(2)8-4-3-7(5-8)9(10)6-11;/h7-9H,3-6,11H2,1-2H3;1H. The Morgan fingerprint density at radius 2 is 2.00 bits per heavy atom. The summed E-state index contributed by atoms with van der Waals surface area (Å²) in [7, 11) is 0. The predicted molar refractivity (Wildman–Crippen MR) is 54.4 cm³/mol. The van der Waals surface area contributed by atoms with Gasteiger partial charge in [0.15, 0.2) is 0 Å². The van der Waals surface area contributed by atoms with Gasteiger partial charge in [0.2, 0.25) is 0 Å². The molecule has 72 valence electrons. The molecule has 2 fully saturated rings. The highest BCUT2D eigenvalue weighted by Gasteiger charge is 2.51. The van der Waals surface area contributed by atoms with Gasteiger partial charge in [-0.15, -0.1) is 12.4 Å². The SMILES string of the molecule is CC1(C)C2CCC(C2)C1CN.Cl. The van der Waals surface area contributed by atoms with E-state index < -0.39 is 0 Å². The first-order chi connectivity index (χ1) is 5.16. The lowest BCUT2D eigenvalue weighted by atomic mass is 9.69. The minimum absolute atomic E-state index is 0. The molecule has 2 heteroatoms. The van der Waals surface area contributed by atoms with Crippen LogP contribution in [-0.4, -0.2) is 6.54 Å². The third-order valence-corrected chi connectivity index (χ3v) is 4.30. The van der Waals surface area contributed by atoms with Crippen LogP contribution in [-0.2, 0) is 0 Å². The van der Waals surface area contributed by atoms with Crippen molar-refractivity contribution in [2.24, 2.45) is 28.9 Å². The van der Waals surface area contributed by atoms with Gasteiger partial charge in [0.25, 0.3) is 0 Å². The molecule has 0 radical (unpaired) electrons. The van der Waals surface area contributed by atoms with Crippen LogP contribution < -0.4 is 5.73 Å². The first kappa shape index (κ1) is 10.3. The van der Waals surface area contributed by atoms with E-state index in [1.165, 1.54) is 19.3 Å². The average Bonchev–Trinajstić information content (AvgIpc) is 2.44. The van der Waals surface area contributed by atoms with Gasteiger partial charge in [-0.05, 0) is 49.0 Å². The molecule has 1 nitrogen and oxygen atoms in total. The van der Waals surface area contributed by atoms with Crippen molar-refractivity contribution >= 4 is 12.4 Å². The molecule has 0 aromatic rings. The molecule has 0 saturated heterocycles. The Kier molecular flexibility index (Phi) is 2.75. The zero-order chi connectivity index (χ0) is 8.06. The highest BCUT2D eigenvalue weighted by atomic mass is 35.5. The summed E-state index contributed by atoms with van der Waals surface area (Å²) in [6.07, 6.45) is 4.39. The third-order valence-electron chi connectivity index (χ3n) is 4.30. The zero-order valence-corrected chi connectivity index (χ0v) is 8.86. The van der Waals surface area contributed by atoms with Crippen molar-refractivity contribution in [3.63, 3.8) is 0 Å². The first-order valence-corrected chi connectivity index (χ1v) is 4.86. The van der Waals surface area contributed by atoms with Gasteiger partial charge in [-0.25, -0.2) is 0 Å². The molecule has 2 aliphatic carbocycles. The largest absolute Gasteiger partial charge is 0.330 e. The fraction of sp³-hybridized carbons (Fsp3) is 1.00. The monoisotopic (exact) mass is 189 g/mol. The molecule has 2 N–H and O–H groups in total. The summed E-state index contributed by atoms with van der Waals surface area (Å²) >= 11 is 0. The normalized spacial score (nSPS) is 42.8. The molecule has 3 atom stereocenters. The molecule has 12 heavy (non-hydrogen) atoms. The van der Waals surface area contributed by atoms with E-state index in [9.17, 15) is 0 Å². The van der Waals surface area contributed by atoms with Crippen molar-refractivity contribution in [1.82, 2.24) is 0 Å². The second-order valence-corrected chi connectivity index (χ2v) is 4.93. The van der Waals surface area contributed by atoms with Crippen LogP contribution in [0.1, 0.15) is 33.1 Å². The van der Waals surface area contributed by atoms with E-state index in [1.54, 1.807) is 0 Å². The van der Waals surface area contributed by atoms with Crippen molar-refractivity contribution in [3.8, 4) is 0 Å². The van der Waals surface area contributed by atoms with Crippen LogP contribution in [0.3, 0.4) is 0 Å². The van der Waals surface area contributed by atoms with Gasteiger partial charge in [-0.1, -0.05) is 13.8 Å². The van der Waals surface area contributed by atoms with Gasteiger partial charge in [-0.3, -0.25) is 0 Å². The summed E-state index contributed by atoms with van der Waals surface area (Å²) in [5.41, 5.74) is 6.35. The molecule has 0 aromatic heterocycles. The molecule has 0 heterocycles. The lowest BCUT2D eigenvalue weighted by Crippen LogP contribution is -2.35. The molecule has 2 bridgehead atoms. The maximum atomic E-state index is 5.80. The van der Waals surface area contributed by atoms with E-state index in [2.05, 4.69) is 13.8 Å². The molecule has 3 unspecified atom stereocenters. The minimum Gasteiger partial charge on any atom is -0.330 e. The van der Waals surface area contributed by atoms with Crippen LogP contribution in [0.4, 0.5) is 0 Å². The minimum atomic E-state index is 0. The summed E-state index contributed by atoms with van der Waals surface area (Å²) in [5.74, 6) is 2.78. The smallest absolute Gasteiger partial charge is 0.00410 e. The molecular weight excluding hydrogens is 170 g/mol.